The predicted molar refractivity (Wildman–Crippen MR) is 52.1 cm³/mol. The van der Waals surface area contributed by atoms with Crippen molar-refractivity contribution in [3.8, 4) is 6.07 Å². The Morgan fingerprint density at radius 1 is 1.44 bits per heavy atom. The number of rotatable bonds is 2. The molecule has 0 amide bonds. The summed E-state index contributed by atoms with van der Waals surface area (Å²) in [7, 11) is 0. The molecule has 0 radical (unpaired) electrons. The Morgan fingerprint density at radius 2 is 2.06 bits per heavy atom. The molecular formula is C11H7F4NO2. The van der Waals surface area contributed by atoms with Crippen LogP contribution in [-0.2, 0) is 10.9 Å². The van der Waals surface area contributed by atoms with Crippen LogP contribution in [0.3, 0.4) is 0 Å². The van der Waals surface area contributed by atoms with Crippen molar-refractivity contribution in [3.05, 3.63) is 34.6 Å². The number of ether oxygens (including phenoxy) is 1. The summed E-state index contributed by atoms with van der Waals surface area (Å²) in [6.07, 6.45) is -4.86. The monoisotopic (exact) mass is 261 g/mol. The Hall–Kier alpha value is -2.10. The highest BCUT2D eigenvalue weighted by Gasteiger charge is 2.35. The number of hydrogen-bond donors (Lipinski definition) is 0. The van der Waals surface area contributed by atoms with Gasteiger partial charge in [-0.1, -0.05) is 0 Å². The van der Waals surface area contributed by atoms with Gasteiger partial charge in [-0.2, -0.15) is 18.4 Å². The second-order valence-electron chi connectivity index (χ2n) is 3.21. The number of alkyl halides is 3. The van der Waals surface area contributed by atoms with E-state index in [1.165, 1.54) is 13.0 Å². The van der Waals surface area contributed by atoms with Crippen LogP contribution in [0.5, 0.6) is 0 Å². The van der Waals surface area contributed by atoms with Crippen LogP contribution in [0.15, 0.2) is 12.1 Å². The highest BCUT2D eigenvalue weighted by Crippen LogP contribution is 2.33. The summed E-state index contributed by atoms with van der Waals surface area (Å²) in [5, 5.41) is 8.58. The first-order valence-electron chi connectivity index (χ1n) is 4.79. The molecule has 0 atom stereocenters. The van der Waals surface area contributed by atoms with Crippen LogP contribution >= 0.6 is 0 Å². The lowest BCUT2D eigenvalue weighted by Crippen LogP contribution is -2.13. The lowest BCUT2D eigenvalue weighted by atomic mass is 10.0. The van der Waals surface area contributed by atoms with E-state index >= 15 is 0 Å². The molecule has 0 N–H and O–H groups in total. The number of carbonyl (C=O) groups excluding carboxylic acids is 1. The van der Waals surface area contributed by atoms with E-state index in [1.54, 1.807) is 0 Å². The largest absolute Gasteiger partial charge is 0.462 e. The minimum atomic E-state index is -4.86. The van der Waals surface area contributed by atoms with E-state index in [2.05, 4.69) is 4.74 Å². The molecule has 18 heavy (non-hydrogen) atoms. The molecule has 3 nitrogen and oxygen atoms in total. The van der Waals surface area contributed by atoms with Crippen molar-refractivity contribution in [1.82, 2.24) is 0 Å². The fourth-order valence-electron chi connectivity index (χ4n) is 1.27. The SMILES string of the molecule is CCOC(=O)c1cc(C#N)c(C(F)(F)F)cc1F. The number of esters is 1. The van der Waals surface area contributed by atoms with Gasteiger partial charge in [-0.3, -0.25) is 0 Å². The fraction of sp³-hybridized carbons (Fsp3) is 0.273. The summed E-state index contributed by atoms with van der Waals surface area (Å²) in [6, 6.07) is 1.93. The second kappa shape index (κ2) is 5.04. The van der Waals surface area contributed by atoms with Crippen molar-refractivity contribution in [2.75, 3.05) is 6.61 Å². The smallest absolute Gasteiger partial charge is 0.417 e. The highest BCUT2D eigenvalue weighted by molar-refractivity contribution is 5.90. The van der Waals surface area contributed by atoms with Crippen molar-refractivity contribution < 1.29 is 27.1 Å². The minimum Gasteiger partial charge on any atom is -0.462 e. The fourth-order valence-corrected chi connectivity index (χ4v) is 1.27. The Kier molecular flexibility index (Phi) is 3.91. The molecule has 0 aliphatic heterocycles. The zero-order chi connectivity index (χ0) is 13.9. The average Bonchev–Trinajstić information content (AvgIpc) is 2.27. The number of benzene rings is 1. The molecule has 1 aromatic carbocycles. The van der Waals surface area contributed by atoms with Gasteiger partial charge in [0.15, 0.2) is 0 Å². The van der Waals surface area contributed by atoms with Gasteiger partial charge in [0, 0.05) is 0 Å². The van der Waals surface area contributed by atoms with Crippen molar-refractivity contribution >= 4 is 5.97 Å². The van der Waals surface area contributed by atoms with E-state index in [0.717, 1.165) is 0 Å². The van der Waals surface area contributed by atoms with Crippen molar-refractivity contribution in [2.45, 2.75) is 13.1 Å². The summed E-state index contributed by atoms with van der Waals surface area (Å²) in [4.78, 5) is 11.2. The van der Waals surface area contributed by atoms with E-state index in [-0.39, 0.29) is 12.7 Å². The first kappa shape index (κ1) is 14.0. The van der Waals surface area contributed by atoms with E-state index in [1.807, 2.05) is 0 Å². The molecule has 0 fully saturated rings. The molecule has 0 aromatic heterocycles. The van der Waals surface area contributed by atoms with Crippen LogP contribution in [0, 0.1) is 17.1 Å². The lowest BCUT2D eigenvalue weighted by molar-refractivity contribution is -0.138. The third-order valence-corrected chi connectivity index (χ3v) is 2.03. The van der Waals surface area contributed by atoms with Crippen molar-refractivity contribution in [3.63, 3.8) is 0 Å². The quantitative estimate of drug-likeness (QED) is 0.607. The van der Waals surface area contributed by atoms with Crippen molar-refractivity contribution in [2.24, 2.45) is 0 Å². The van der Waals surface area contributed by atoms with Crippen LogP contribution in [0.1, 0.15) is 28.4 Å². The maximum absolute atomic E-state index is 13.4. The van der Waals surface area contributed by atoms with Crippen LogP contribution in [-0.4, -0.2) is 12.6 Å². The average molecular weight is 261 g/mol. The lowest BCUT2D eigenvalue weighted by Gasteiger charge is -2.10. The normalized spacial score (nSPS) is 10.9. The number of hydrogen-bond acceptors (Lipinski definition) is 3. The summed E-state index contributed by atoms with van der Waals surface area (Å²) in [5.41, 5.74) is -2.94. The molecule has 0 spiro atoms. The Morgan fingerprint density at radius 3 is 2.50 bits per heavy atom. The van der Waals surface area contributed by atoms with Gasteiger partial charge >= 0.3 is 12.1 Å². The Bertz CT molecular complexity index is 517. The minimum absolute atomic E-state index is 0.0544. The summed E-state index contributed by atoms with van der Waals surface area (Å²) in [6.45, 7) is 1.41. The van der Waals surface area contributed by atoms with Crippen LogP contribution < -0.4 is 0 Å². The standard InChI is InChI=1S/C11H7F4NO2/c1-2-18-10(17)7-3-6(5-16)8(4-9(7)12)11(13,14)15/h3-4H,2H2,1H3. The molecule has 0 saturated carbocycles. The van der Waals surface area contributed by atoms with Gasteiger partial charge in [-0.15, -0.1) is 0 Å². The van der Waals surface area contributed by atoms with Gasteiger partial charge < -0.3 is 4.74 Å². The molecule has 0 bridgehead atoms. The number of nitrogens with zero attached hydrogens (tertiary/aromatic N) is 1. The molecule has 0 aliphatic carbocycles. The summed E-state index contributed by atoms with van der Waals surface area (Å²) in [5.74, 6) is -2.49. The van der Waals surface area contributed by atoms with Gasteiger partial charge in [-0.05, 0) is 19.1 Å². The second-order valence-corrected chi connectivity index (χ2v) is 3.21. The van der Waals surface area contributed by atoms with Crippen molar-refractivity contribution in [1.29, 1.82) is 5.26 Å². The molecule has 1 aromatic rings. The molecule has 96 valence electrons. The zero-order valence-corrected chi connectivity index (χ0v) is 9.14. The maximum Gasteiger partial charge on any atom is 0.417 e. The van der Waals surface area contributed by atoms with Gasteiger partial charge in [0.1, 0.15) is 5.82 Å². The van der Waals surface area contributed by atoms with Gasteiger partial charge in [0.05, 0.1) is 29.4 Å². The number of nitriles is 1. The number of halogens is 4. The van der Waals surface area contributed by atoms with Crippen LogP contribution in [0.25, 0.3) is 0 Å². The van der Waals surface area contributed by atoms with E-state index in [4.69, 9.17) is 5.26 Å². The van der Waals surface area contributed by atoms with Crippen LogP contribution in [0.4, 0.5) is 17.6 Å². The molecule has 0 aliphatic rings. The maximum atomic E-state index is 13.4. The van der Waals surface area contributed by atoms with E-state index in [9.17, 15) is 22.4 Å². The third-order valence-electron chi connectivity index (χ3n) is 2.03. The first-order valence-corrected chi connectivity index (χ1v) is 4.79. The summed E-state index contributed by atoms with van der Waals surface area (Å²) >= 11 is 0. The van der Waals surface area contributed by atoms with E-state index in [0.29, 0.717) is 6.07 Å². The van der Waals surface area contributed by atoms with Crippen LogP contribution in [0.2, 0.25) is 0 Å². The van der Waals surface area contributed by atoms with E-state index < -0.39 is 34.7 Å². The Labute approximate surface area is 99.6 Å². The molecule has 0 saturated heterocycles. The highest BCUT2D eigenvalue weighted by atomic mass is 19.4. The van der Waals surface area contributed by atoms with Gasteiger partial charge in [-0.25, -0.2) is 9.18 Å². The third kappa shape index (κ3) is 2.77. The first-order chi connectivity index (χ1) is 8.31. The number of carbonyl (C=O) groups is 1. The van der Waals surface area contributed by atoms with Gasteiger partial charge in [0.25, 0.3) is 0 Å². The topological polar surface area (TPSA) is 50.1 Å². The molecule has 0 heterocycles. The Balaban J connectivity index is 3.37. The molecule has 7 heteroatoms. The summed E-state index contributed by atoms with van der Waals surface area (Å²) < 4.78 is 55.2. The molecular weight excluding hydrogens is 254 g/mol. The molecule has 1 rings (SSSR count). The zero-order valence-electron chi connectivity index (χ0n) is 9.14. The van der Waals surface area contributed by atoms with Gasteiger partial charge in [0.2, 0.25) is 0 Å². The molecule has 0 unspecified atom stereocenters. The predicted octanol–water partition coefficient (Wildman–Crippen LogP) is 2.89.